The number of aromatic amines is 1. The highest BCUT2D eigenvalue weighted by atomic mass is 19.4. The third-order valence-corrected chi connectivity index (χ3v) is 3.64. The third-order valence-electron chi connectivity index (χ3n) is 3.64. The Bertz CT molecular complexity index is 909. The number of aromatic nitrogens is 2. The van der Waals surface area contributed by atoms with E-state index >= 15 is 0 Å². The monoisotopic (exact) mass is 391 g/mol. The molecule has 0 radical (unpaired) electrons. The van der Waals surface area contributed by atoms with Gasteiger partial charge >= 0.3 is 12.5 Å². The number of H-pyrrole nitrogens is 1. The number of benzene rings is 2. The molecular weight excluding hydrogens is 375 g/mol. The Kier molecular flexibility index (Phi) is 5.83. The summed E-state index contributed by atoms with van der Waals surface area (Å²) in [5, 5.41) is 2.57. The first-order valence-corrected chi connectivity index (χ1v) is 8.24. The average Bonchev–Trinajstić information content (AvgIpc) is 3.14. The van der Waals surface area contributed by atoms with Crippen molar-refractivity contribution in [1.29, 1.82) is 0 Å². The summed E-state index contributed by atoms with van der Waals surface area (Å²) in [4.78, 5) is 18.8. The van der Waals surface area contributed by atoms with Gasteiger partial charge in [-0.2, -0.15) is 0 Å². The van der Waals surface area contributed by atoms with Crippen LogP contribution in [-0.2, 0) is 17.9 Å². The fourth-order valence-corrected chi connectivity index (χ4v) is 2.37. The zero-order valence-corrected chi connectivity index (χ0v) is 14.5. The predicted molar refractivity (Wildman–Crippen MR) is 94.2 cm³/mol. The van der Waals surface area contributed by atoms with E-state index in [9.17, 15) is 18.0 Å². The van der Waals surface area contributed by atoms with E-state index < -0.39 is 12.5 Å². The van der Waals surface area contributed by atoms with E-state index in [0.29, 0.717) is 17.1 Å². The molecule has 0 saturated heterocycles. The molecule has 9 heteroatoms. The van der Waals surface area contributed by atoms with Crippen molar-refractivity contribution in [2.45, 2.75) is 19.5 Å². The normalized spacial score (nSPS) is 11.1. The van der Waals surface area contributed by atoms with Crippen LogP contribution in [0.5, 0.6) is 5.75 Å². The molecule has 0 aliphatic rings. The molecule has 0 unspecified atom stereocenters. The van der Waals surface area contributed by atoms with E-state index in [1.54, 1.807) is 0 Å². The van der Waals surface area contributed by atoms with Gasteiger partial charge in [0, 0.05) is 0 Å². The zero-order chi connectivity index (χ0) is 20.0. The predicted octanol–water partition coefficient (Wildman–Crippen LogP) is 4.40. The van der Waals surface area contributed by atoms with Crippen LogP contribution in [0.3, 0.4) is 0 Å². The highest BCUT2D eigenvalue weighted by molar-refractivity contribution is 5.67. The molecule has 146 valence electrons. The summed E-state index contributed by atoms with van der Waals surface area (Å²) in [5.41, 5.74) is 2.09. The van der Waals surface area contributed by atoms with Crippen molar-refractivity contribution < 1.29 is 27.4 Å². The smallest absolute Gasteiger partial charge is 0.445 e. The van der Waals surface area contributed by atoms with Gasteiger partial charge in [-0.15, -0.1) is 13.2 Å². The molecule has 1 amide bonds. The molecule has 28 heavy (non-hydrogen) atoms. The molecule has 0 atom stereocenters. The van der Waals surface area contributed by atoms with Gasteiger partial charge in [0.05, 0.1) is 18.4 Å². The number of imidazole rings is 1. The summed E-state index contributed by atoms with van der Waals surface area (Å²) in [5.74, 6) is 0.168. The number of halogens is 3. The van der Waals surface area contributed by atoms with Crippen molar-refractivity contribution >= 4 is 6.09 Å². The van der Waals surface area contributed by atoms with Gasteiger partial charge in [0.25, 0.3) is 0 Å². The molecule has 3 rings (SSSR count). The van der Waals surface area contributed by atoms with Gasteiger partial charge in [-0.1, -0.05) is 30.3 Å². The summed E-state index contributed by atoms with van der Waals surface area (Å²) in [6.07, 6.45) is -3.80. The van der Waals surface area contributed by atoms with Crippen LogP contribution in [0.25, 0.3) is 11.3 Å². The lowest BCUT2D eigenvalue weighted by Gasteiger charge is -2.08. The van der Waals surface area contributed by atoms with Gasteiger partial charge in [0.15, 0.2) is 0 Å². The van der Waals surface area contributed by atoms with E-state index in [0.717, 1.165) is 5.56 Å². The van der Waals surface area contributed by atoms with E-state index in [-0.39, 0.29) is 18.9 Å². The highest BCUT2D eigenvalue weighted by Gasteiger charge is 2.30. The maximum atomic E-state index is 12.2. The van der Waals surface area contributed by atoms with Crippen LogP contribution in [0.1, 0.15) is 11.4 Å². The molecule has 0 aliphatic heterocycles. The number of ether oxygens (including phenoxy) is 2. The fraction of sp³-hybridized carbons (Fsp3) is 0.158. The Morgan fingerprint density at radius 1 is 1.07 bits per heavy atom. The minimum atomic E-state index is -4.73. The van der Waals surface area contributed by atoms with E-state index in [1.165, 1.54) is 30.5 Å². The third kappa shape index (κ3) is 5.76. The lowest BCUT2D eigenvalue weighted by molar-refractivity contribution is -0.274. The number of nitrogens with one attached hydrogen (secondary N) is 2. The molecule has 0 bridgehead atoms. The van der Waals surface area contributed by atoms with Crippen LogP contribution < -0.4 is 10.1 Å². The van der Waals surface area contributed by atoms with Gasteiger partial charge in [-0.05, 0) is 35.4 Å². The van der Waals surface area contributed by atoms with Crippen LogP contribution in [0.2, 0.25) is 0 Å². The molecular formula is C19H16F3N3O3. The summed E-state index contributed by atoms with van der Waals surface area (Å²) in [6, 6.07) is 14.6. The Labute approximate surface area is 158 Å². The summed E-state index contributed by atoms with van der Waals surface area (Å²) in [7, 11) is 0. The van der Waals surface area contributed by atoms with Gasteiger partial charge in [-0.3, -0.25) is 0 Å². The average molecular weight is 391 g/mol. The number of hydrogen-bond acceptors (Lipinski definition) is 4. The van der Waals surface area contributed by atoms with Gasteiger partial charge in [-0.25, -0.2) is 9.78 Å². The summed E-state index contributed by atoms with van der Waals surface area (Å²) >= 11 is 0. The van der Waals surface area contributed by atoms with Crippen molar-refractivity contribution in [3.8, 4) is 17.0 Å². The number of alkyl halides is 3. The van der Waals surface area contributed by atoms with Crippen LogP contribution in [0.15, 0.2) is 60.8 Å². The number of carbonyl (C=O) groups is 1. The number of alkyl carbamates (subject to hydrolysis) is 1. The Hall–Kier alpha value is -3.49. The Morgan fingerprint density at radius 3 is 2.46 bits per heavy atom. The molecule has 0 spiro atoms. The molecule has 1 heterocycles. The standard InChI is InChI=1S/C19H16F3N3O3/c20-19(21,22)28-15-8-6-14(7-9-15)16-10-23-17(25-16)11-24-18(26)27-12-13-4-2-1-3-5-13/h1-10H,11-12H2,(H,23,25)(H,24,26). The van der Waals surface area contributed by atoms with Gasteiger partial charge in [0.2, 0.25) is 0 Å². The molecule has 1 aromatic heterocycles. The van der Waals surface area contributed by atoms with Crippen molar-refractivity contribution in [2.24, 2.45) is 0 Å². The number of hydrogen-bond donors (Lipinski definition) is 2. The summed E-state index contributed by atoms with van der Waals surface area (Å²) in [6.45, 7) is 0.269. The SMILES string of the molecule is O=C(NCc1ncc(-c2ccc(OC(F)(F)F)cc2)[nH]1)OCc1ccccc1. The van der Waals surface area contributed by atoms with Crippen molar-refractivity contribution in [3.63, 3.8) is 0 Å². The zero-order valence-electron chi connectivity index (χ0n) is 14.5. The maximum absolute atomic E-state index is 12.2. The topological polar surface area (TPSA) is 76.2 Å². The van der Waals surface area contributed by atoms with Crippen LogP contribution >= 0.6 is 0 Å². The van der Waals surface area contributed by atoms with Crippen LogP contribution in [0.4, 0.5) is 18.0 Å². The molecule has 0 saturated carbocycles. The lowest BCUT2D eigenvalue weighted by Crippen LogP contribution is -2.24. The first-order valence-electron chi connectivity index (χ1n) is 8.24. The molecule has 3 aromatic rings. The van der Waals surface area contributed by atoms with Crippen molar-refractivity contribution in [2.75, 3.05) is 0 Å². The Morgan fingerprint density at radius 2 is 1.79 bits per heavy atom. The van der Waals surface area contributed by atoms with Crippen molar-refractivity contribution in [3.05, 3.63) is 72.2 Å². The van der Waals surface area contributed by atoms with Gasteiger partial charge in [0.1, 0.15) is 18.2 Å². The molecule has 0 fully saturated rings. The highest BCUT2D eigenvalue weighted by Crippen LogP contribution is 2.25. The van der Waals surface area contributed by atoms with Crippen molar-refractivity contribution in [1.82, 2.24) is 15.3 Å². The lowest BCUT2D eigenvalue weighted by atomic mass is 10.2. The Balaban J connectivity index is 1.50. The number of carbonyl (C=O) groups excluding carboxylic acids is 1. The first-order chi connectivity index (χ1) is 13.4. The minimum absolute atomic E-state index is 0.114. The van der Waals surface area contributed by atoms with Gasteiger partial charge < -0.3 is 19.8 Å². The minimum Gasteiger partial charge on any atom is -0.445 e. The fourth-order valence-electron chi connectivity index (χ4n) is 2.37. The quantitative estimate of drug-likeness (QED) is 0.653. The number of amides is 1. The second kappa shape index (κ2) is 8.47. The van der Waals surface area contributed by atoms with E-state index in [1.807, 2.05) is 30.3 Å². The van der Waals surface area contributed by atoms with E-state index in [2.05, 4.69) is 20.0 Å². The molecule has 2 N–H and O–H groups in total. The maximum Gasteiger partial charge on any atom is 0.573 e. The first kappa shape index (κ1) is 19.3. The molecule has 6 nitrogen and oxygen atoms in total. The number of rotatable bonds is 6. The molecule has 2 aromatic carbocycles. The molecule has 0 aliphatic carbocycles. The summed E-state index contributed by atoms with van der Waals surface area (Å²) < 4.78 is 45.5. The second-order valence-corrected chi connectivity index (χ2v) is 5.73. The number of nitrogens with zero attached hydrogens (tertiary/aromatic N) is 1. The van der Waals surface area contributed by atoms with Crippen LogP contribution in [0, 0.1) is 0 Å². The van der Waals surface area contributed by atoms with Crippen LogP contribution in [-0.4, -0.2) is 22.4 Å². The largest absolute Gasteiger partial charge is 0.573 e. The van der Waals surface area contributed by atoms with E-state index in [4.69, 9.17) is 4.74 Å². The second-order valence-electron chi connectivity index (χ2n) is 5.73.